The van der Waals surface area contributed by atoms with Gasteiger partial charge in [-0.05, 0) is 48.5 Å². The number of carboxylic acids is 2. The van der Waals surface area contributed by atoms with Gasteiger partial charge in [-0.15, -0.1) is 0 Å². The van der Waals surface area contributed by atoms with E-state index in [4.69, 9.17) is 21.5 Å². The molecule has 1 fully saturated rings. The van der Waals surface area contributed by atoms with E-state index in [0.717, 1.165) is 5.69 Å². The number of rotatable bonds is 6. The van der Waals surface area contributed by atoms with E-state index in [9.17, 15) is 31.5 Å². The fraction of sp³-hybridized carbons (Fsp3) is 0.200. The molecule has 1 aliphatic heterocycles. The summed E-state index contributed by atoms with van der Waals surface area (Å²) in [5.41, 5.74) is 1.92. The Balaban J connectivity index is 0.000000532. The molecule has 3 aromatic rings. The third kappa shape index (κ3) is 8.01. The Hall–Kier alpha value is -3.97. The van der Waals surface area contributed by atoms with Crippen LogP contribution in [0, 0.1) is 0 Å². The molecule has 0 unspecified atom stereocenters. The van der Waals surface area contributed by atoms with Crippen molar-refractivity contribution in [2.45, 2.75) is 11.1 Å². The summed E-state index contributed by atoms with van der Waals surface area (Å²) in [5.74, 6) is -3.88. The number of carboxylic acid groups (broad SMARTS) is 2. The predicted octanol–water partition coefficient (Wildman–Crippen LogP) is 4.80. The Bertz CT molecular complexity index is 1430. The number of anilines is 3. The van der Waals surface area contributed by atoms with E-state index in [-0.39, 0.29) is 16.1 Å². The second-order valence-corrected chi connectivity index (χ2v) is 10.3. The SMILES string of the molecule is O=C(O)C(F)(F)F.O=C(O)c1ccc(N2CCN(c3cccc(Cl)c3)CC2)c(NS(=O)(=O)c2ccccc2)c1. The molecule has 0 aromatic heterocycles. The normalized spacial score (nSPS) is 13.7. The van der Waals surface area contributed by atoms with Crippen LogP contribution in [0.4, 0.5) is 30.2 Å². The molecule has 0 atom stereocenters. The molecule has 1 aliphatic rings. The zero-order valence-corrected chi connectivity index (χ0v) is 21.7. The number of halogens is 4. The van der Waals surface area contributed by atoms with Gasteiger partial charge in [-0.3, -0.25) is 4.72 Å². The van der Waals surface area contributed by atoms with Gasteiger partial charge < -0.3 is 20.0 Å². The van der Waals surface area contributed by atoms with Gasteiger partial charge in [-0.1, -0.05) is 35.9 Å². The maximum atomic E-state index is 12.9. The number of aromatic carboxylic acids is 1. The minimum atomic E-state index is -5.08. The minimum Gasteiger partial charge on any atom is -0.478 e. The summed E-state index contributed by atoms with van der Waals surface area (Å²) in [5, 5.41) is 17.2. The smallest absolute Gasteiger partial charge is 0.478 e. The molecule has 0 aliphatic carbocycles. The molecular formula is C25H23ClF3N3O6S. The molecule has 0 spiro atoms. The zero-order chi connectivity index (χ0) is 28.8. The summed E-state index contributed by atoms with van der Waals surface area (Å²) in [6.07, 6.45) is -5.08. The molecule has 1 heterocycles. The number of hydrogen-bond donors (Lipinski definition) is 3. The van der Waals surface area contributed by atoms with E-state index < -0.39 is 28.1 Å². The standard InChI is InChI=1S/C23H22ClN3O4S.C2HF3O2/c24-18-5-4-6-19(16-18)26-11-13-27(14-12-26)22-10-9-17(23(28)29)15-21(22)25-32(30,31)20-7-2-1-3-8-20;3-2(4,5)1(6)7/h1-10,15-16,25H,11-14H2,(H,28,29);(H,6,7). The largest absolute Gasteiger partial charge is 0.490 e. The average molecular weight is 586 g/mol. The van der Waals surface area contributed by atoms with Crippen molar-refractivity contribution in [3.05, 3.63) is 83.4 Å². The van der Waals surface area contributed by atoms with Crippen LogP contribution in [0.2, 0.25) is 5.02 Å². The predicted molar refractivity (Wildman–Crippen MR) is 140 cm³/mol. The van der Waals surface area contributed by atoms with Gasteiger partial charge in [0, 0.05) is 36.9 Å². The van der Waals surface area contributed by atoms with Gasteiger partial charge in [0.25, 0.3) is 10.0 Å². The highest BCUT2D eigenvalue weighted by molar-refractivity contribution is 7.92. The fourth-order valence-electron chi connectivity index (χ4n) is 3.71. The summed E-state index contributed by atoms with van der Waals surface area (Å²) in [4.78, 5) is 24.8. The molecule has 3 aromatic carbocycles. The monoisotopic (exact) mass is 585 g/mol. The Labute approximate surface area is 227 Å². The average Bonchev–Trinajstić information content (AvgIpc) is 2.89. The molecule has 1 saturated heterocycles. The molecule has 0 saturated carbocycles. The molecule has 3 N–H and O–H groups in total. The second kappa shape index (κ2) is 12.3. The molecule has 4 rings (SSSR count). The quantitative estimate of drug-likeness (QED) is 0.377. The van der Waals surface area contributed by atoms with Crippen LogP contribution in [-0.2, 0) is 14.8 Å². The van der Waals surface area contributed by atoms with E-state index in [2.05, 4.69) is 14.5 Å². The molecule has 14 heteroatoms. The Morgan fingerprint density at radius 2 is 1.44 bits per heavy atom. The van der Waals surface area contributed by atoms with Crippen LogP contribution in [0.25, 0.3) is 0 Å². The van der Waals surface area contributed by atoms with Gasteiger partial charge >= 0.3 is 18.1 Å². The van der Waals surface area contributed by atoms with Crippen LogP contribution in [0.3, 0.4) is 0 Å². The van der Waals surface area contributed by atoms with Crippen molar-refractivity contribution >= 4 is 50.6 Å². The lowest BCUT2D eigenvalue weighted by molar-refractivity contribution is -0.192. The number of alkyl halides is 3. The number of nitrogens with one attached hydrogen (secondary N) is 1. The van der Waals surface area contributed by atoms with Gasteiger partial charge in [0.15, 0.2) is 0 Å². The Morgan fingerprint density at radius 3 is 1.97 bits per heavy atom. The molecule has 0 amide bonds. The van der Waals surface area contributed by atoms with Crippen molar-refractivity contribution in [2.75, 3.05) is 40.7 Å². The van der Waals surface area contributed by atoms with Crippen LogP contribution < -0.4 is 14.5 Å². The van der Waals surface area contributed by atoms with Crippen molar-refractivity contribution < 1.29 is 41.4 Å². The zero-order valence-electron chi connectivity index (χ0n) is 20.1. The number of benzene rings is 3. The van der Waals surface area contributed by atoms with Crippen LogP contribution in [0.1, 0.15) is 10.4 Å². The minimum absolute atomic E-state index is 0.0112. The van der Waals surface area contributed by atoms with E-state index in [1.165, 1.54) is 24.3 Å². The highest BCUT2D eigenvalue weighted by Gasteiger charge is 2.38. The van der Waals surface area contributed by atoms with Gasteiger partial charge in [0.1, 0.15) is 0 Å². The lowest BCUT2D eigenvalue weighted by atomic mass is 10.1. The first-order valence-corrected chi connectivity index (χ1v) is 13.1. The van der Waals surface area contributed by atoms with Crippen molar-refractivity contribution in [1.29, 1.82) is 0 Å². The van der Waals surface area contributed by atoms with Crippen LogP contribution in [0.5, 0.6) is 0 Å². The number of sulfonamides is 1. The topological polar surface area (TPSA) is 127 Å². The van der Waals surface area contributed by atoms with E-state index >= 15 is 0 Å². The molecule has 9 nitrogen and oxygen atoms in total. The number of carbonyl (C=O) groups is 2. The maximum absolute atomic E-state index is 12.9. The second-order valence-electron chi connectivity index (χ2n) is 8.21. The van der Waals surface area contributed by atoms with Crippen molar-refractivity contribution in [3.63, 3.8) is 0 Å². The number of hydrogen-bond acceptors (Lipinski definition) is 6. The van der Waals surface area contributed by atoms with Crippen molar-refractivity contribution in [2.24, 2.45) is 0 Å². The maximum Gasteiger partial charge on any atom is 0.490 e. The summed E-state index contributed by atoms with van der Waals surface area (Å²) in [6, 6.07) is 20.2. The van der Waals surface area contributed by atoms with Gasteiger partial charge in [0.2, 0.25) is 0 Å². The van der Waals surface area contributed by atoms with Gasteiger partial charge in [-0.2, -0.15) is 13.2 Å². The van der Waals surface area contributed by atoms with Crippen molar-refractivity contribution in [3.8, 4) is 0 Å². The van der Waals surface area contributed by atoms with Gasteiger partial charge in [0.05, 0.1) is 21.8 Å². The van der Waals surface area contributed by atoms with E-state index in [0.29, 0.717) is 36.9 Å². The third-order valence-corrected chi connectivity index (χ3v) is 7.19. The molecule has 208 valence electrons. The molecular weight excluding hydrogens is 563 g/mol. The summed E-state index contributed by atoms with van der Waals surface area (Å²) < 4.78 is 60.1. The van der Waals surface area contributed by atoms with Crippen molar-refractivity contribution in [1.82, 2.24) is 0 Å². The Kier molecular flexibility index (Phi) is 9.30. The number of piperazine rings is 1. The Morgan fingerprint density at radius 1 is 0.846 bits per heavy atom. The first-order valence-electron chi connectivity index (χ1n) is 11.3. The van der Waals surface area contributed by atoms with Crippen LogP contribution in [-0.4, -0.2) is 62.9 Å². The highest BCUT2D eigenvalue weighted by Crippen LogP contribution is 2.31. The number of nitrogens with zero attached hydrogens (tertiary/aromatic N) is 2. The van der Waals surface area contributed by atoms with E-state index in [1.54, 1.807) is 24.3 Å². The van der Waals surface area contributed by atoms with Crippen LogP contribution in [0.15, 0.2) is 77.7 Å². The molecule has 0 bridgehead atoms. The highest BCUT2D eigenvalue weighted by atomic mass is 35.5. The first kappa shape index (κ1) is 29.6. The lowest BCUT2D eigenvalue weighted by Gasteiger charge is -2.38. The van der Waals surface area contributed by atoms with E-state index in [1.807, 2.05) is 24.3 Å². The first-order chi connectivity index (χ1) is 18.3. The fourth-order valence-corrected chi connectivity index (χ4v) is 4.98. The molecule has 39 heavy (non-hydrogen) atoms. The van der Waals surface area contributed by atoms with Gasteiger partial charge in [-0.25, -0.2) is 18.0 Å². The third-order valence-electron chi connectivity index (χ3n) is 5.58. The molecule has 0 radical (unpaired) electrons. The summed E-state index contributed by atoms with van der Waals surface area (Å²) in [7, 11) is -3.87. The van der Waals surface area contributed by atoms with Crippen LogP contribution >= 0.6 is 11.6 Å². The summed E-state index contributed by atoms with van der Waals surface area (Å²) in [6.45, 7) is 2.70. The summed E-state index contributed by atoms with van der Waals surface area (Å²) >= 11 is 6.11. The lowest BCUT2D eigenvalue weighted by Crippen LogP contribution is -2.46. The number of aliphatic carboxylic acids is 1.